The zero-order valence-corrected chi connectivity index (χ0v) is 10.6. The maximum Gasteiger partial charge on any atom is 0.156 e. The van der Waals surface area contributed by atoms with Crippen LogP contribution in [0.25, 0.3) is 0 Å². The fourth-order valence-corrected chi connectivity index (χ4v) is 2.36. The SMILES string of the molecule is OC1CCCn2nc(Cc3ccc(Cl)cc3)nc21. The molecule has 18 heavy (non-hydrogen) atoms. The quantitative estimate of drug-likeness (QED) is 0.905. The Morgan fingerprint density at radius 1 is 1.33 bits per heavy atom. The van der Waals surface area contributed by atoms with Crippen LogP contribution in [0.5, 0.6) is 0 Å². The summed E-state index contributed by atoms with van der Waals surface area (Å²) in [4.78, 5) is 4.42. The Bertz CT molecular complexity index is 550. The molecule has 0 amide bonds. The van der Waals surface area contributed by atoms with Gasteiger partial charge in [0.15, 0.2) is 11.6 Å². The molecule has 1 aliphatic rings. The Morgan fingerprint density at radius 3 is 2.83 bits per heavy atom. The summed E-state index contributed by atoms with van der Waals surface area (Å²) in [6.07, 6.45) is 1.94. The second kappa shape index (κ2) is 4.71. The van der Waals surface area contributed by atoms with E-state index in [0.29, 0.717) is 12.2 Å². The number of aromatic nitrogens is 3. The van der Waals surface area contributed by atoms with Crippen LogP contribution in [0.4, 0.5) is 0 Å². The first-order chi connectivity index (χ1) is 8.72. The lowest BCUT2D eigenvalue weighted by atomic mass is 10.1. The molecule has 1 aliphatic heterocycles. The van der Waals surface area contributed by atoms with E-state index >= 15 is 0 Å². The summed E-state index contributed by atoms with van der Waals surface area (Å²) in [7, 11) is 0. The standard InChI is InChI=1S/C13H14ClN3O/c14-10-5-3-9(4-6-10)8-12-15-13-11(18)2-1-7-17(13)16-12/h3-6,11,18H,1-2,7-8H2. The number of hydrogen-bond donors (Lipinski definition) is 1. The van der Waals surface area contributed by atoms with Crippen LogP contribution >= 0.6 is 11.6 Å². The van der Waals surface area contributed by atoms with Crippen LogP contribution in [-0.4, -0.2) is 19.9 Å². The smallest absolute Gasteiger partial charge is 0.156 e. The highest BCUT2D eigenvalue weighted by Gasteiger charge is 2.21. The minimum atomic E-state index is -0.467. The summed E-state index contributed by atoms with van der Waals surface area (Å²) >= 11 is 5.85. The molecule has 94 valence electrons. The molecule has 1 aromatic heterocycles. The third kappa shape index (κ3) is 2.26. The average molecular weight is 264 g/mol. The van der Waals surface area contributed by atoms with Crippen LogP contribution in [0.15, 0.2) is 24.3 Å². The second-order valence-corrected chi connectivity index (χ2v) is 5.01. The van der Waals surface area contributed by atoms with Crippen molar-refractivity contribution in [3.05, 3.63) is 46.5 Å². The van der Waals surface area contributed by atoms with Crippen LogP contribution < -0.4 is 0 Å². The molecule has 2 heterocycles. The number of aliphatic hydroxyl groups is 1. The number of rotatable bonds is 2. The Labute approximate surface area is 110 Å². The van der Waals surface area contributed by atoms with E-state index in [9.17, 15) is 5.11 Å². The second-order valence-electron chi connectivity index (χ2n) is 4.57. The van der Waals surface area contributed by atoms with Crippen molar-refractivity contribution in [3.8, 4) is 0 Å². The molecule has 0 bridgehead atoms. The first kappa shape index (κ1) is 11.7. The topological polar surface area (TPSA) is 50.9 Å². The molecule has 1 N–H and O–H groups in total. The van der Waals surface area contributed by atoms with Gasteiger partial charge in [0.25, 0.3) is 0 Å². The summed E-state index contributed by atoms with van der Waals surface area (Å²) in [6, 6.07) is 7.67. The van der Waals surface area contributed by atoms with Crippen molar-refractivity contribution in [1.82, 2.24) is 14.8 Å². The van der Waals surface area contributed by atoms with Gasteiger partial charge in [0.2, 0.25) is 0 Å². The third-order valence-corrected chi connectivity index (χ3v) is 3.42. The highest BCUT2D eigenvalue weighted by atomic mass is 35.5. The summed E-state index contributed by atoms with van der Waals surface area (Å²) in [5.74, 6) is 1.46. The predicted molar refractivity (Wildman–Crippen MR) is 68.5 cm³/mol. The van der Waals surface area contributed by atoms with E-state index in [4.69, 9.17) is 11.6 Å². The van der Waals surface area contributed by atoms with E-state index in [1.807, 2.05) is 28.9 Å². The van der Waals surface area contributed by atoms with Crippen LogP contribution in [0.3, 0.4) is 0 Å². The Hall–Kier alpha value is -1.39. The van der Waals surface area contributed by atoms with E-state index < -0.39 is 6.10 Å². The first-order valence-electron chi connectivity index (χ1n) is 6.08. The van der Waals surface area contributed by atoms with Crippen molar-refractivity contribution in [1.29, 1.82) is 0 Å². The number of benzene rings is 1. The first-order valence-corrected chi connectivity index (χ1v) is 6.46. The van der Waals surface area contributed by atoms with Crippen LogP contribution in [0.1, 0.15) is 36.2 Å². The Balaban J connectivity index is 1.83. The van der Waals surface area contributed by atoms with E-state index in [0.717, 1.165) is 35.8 Å². The number of nitrogens with zero attached hydrogens (tertiary/aromatic N) is 3. The van der Waals surface area contributed by atoms with E-state index in [1.54, 1.807) is 0 Å². The van der Waals surface area contributed by atoms with E-state index in [2.05, 4.69) is 10.1 Å². The monoisotopic (exact) mass is 263 g/mol. The van der Waals surface area contributed by atoms with Crippen molar-refractivity contribution in [2.45, 2.75) is 31.9 Å². The molecular weight excluding hydrogens is 250 g/mol. The van der Waals surface area contributed by atoms with Crippen molar-refractivity contribution in [3.63, 3.8) is 0 Å². The molecule has 0 aliphatic carbocycles. The highest BCUT2D eigenvalue weighted by molar-refractivity contribution is 6.30. The summed E-state index contributed by atoms with van der Waals surface area (Å²) in [6.45, 7) is 0.847. The lowest BCUT2D eigenvalue weighted by Gasteiger charge is -2.16. The summed E-state index contributed by atoms with van der Waals surface area (Å²) < 4.78 is 1.82. The summed E-state index contributed by atoms with van der Waals surface area (Å²) in [5, 5.41) is 15.0. The van der Waals surface area contributed by atoms with Gasteiger partial charge in [-0.1, -0.05) is 23.7 Å². The van der Waals surface area contributed by atoms with Crippen LogP contribution in [-0.2, 0) is 13.0 Å². The van der Waals surface area contributed by atoms with Gasteiger partial charge in [-0.2, -0.15) is 5.10 Å². The van der Waals surface area contributed by atoms with E-state index in [-0.39, 0.29) is 0 Å². The highest BCUT2D eigenvalue weighted by Crippen LogP contribution is 2.23. The lowest BCUT2D eigenvalue weighted by Crippen LogP contribution is -2.16. The van der Waals surface area contributed by atoms with Gasteiger partial charge in [0.1, 0.15) is 6.10 Å². The average Bonchev–Trinajstić information content (AvgIpc) is 2.76. The molecule has 0 saturated heterocycles. The third-order valence-electron chi connectivity index (χ3n) is 3.17. The minimum Gasteiger partial charge on any atom is -0.385 e. The molecule has 0 fully saturated rings. The fraction of sp³-hybridized carbons (Fsp3) is 0.385. The molecule has 1 unspecified atom stereocenters. The lowest BCUT2D eigenvalue weighted by molar-refractivity contribution is 0.130. The molecule has 1 atom stereocenters. The van der Waals surface area contributed by atoms with Gasteiger partial charge >= 0.3 is 0 Å². The predicted octanol–water partition coefficient (Wildman–Crippen LogP) is 2.35. The molecule has 0 radical (unpaired) electrons. The number of aliphatic hydroxyl groups excluding tert-OH is 1. The van der Waals surface area contributed by atoms with Crippen LogP contribution in [0.2, 0.25) is 5.02 Å². The van der Waals surface area contributed by atoms with Gasteiger partial charge in [0.05, 0.1) is 0 Å². The number of hydrogen-bond acceptors (Lipinski definition) is 3. The van der Waals surface area contributed by atoms with Crippen LogP contribution in [0, 0.1) is 0 Å². The van der Waals surface area contributed by atoms with Gasteiger partial charge < -0.3 is 5.11 Å². The molecule has 5 heteroatoms. The van der Waals surface area contributed by atoms with Crippen molar-refractivity contribution < 1.29 is 5.11 Å². The summed E-state index contributed by atoms with van der Waals surface area (Å²) in [5.41, 5.74) is 1.12. The van der Waals surface area contributed by atoms with Gasteiger partial charge in [0, 0.05) is 18.0 Å². The van der Waals surface area contributed by atoms with Crippen molar-refractivity contribution >= 4 is 11.6 Å². The largest absolute Gasteiger partial charge is 0.385 e. The number of fused-ring (bicyclic) bond motifs is 1. The molecule has 3 rings (SSSR count). The number of halogens is 1. The Morgan fingerprint density at radius 2 is 2.11 bits per heavy atom. The molecule has 1 aromatic carbocycles. The fourth-order valence-electron chi connectivity index (χ4n) is 2.24. The van der Waals surface area contributed by atoms with Gasteiger partial charge in [-0.25, -0.2) is 9.67 Å². The van der Waals surface area contributed by atoms with Gasteiger partial charge in [-0.15, -0.1) is 0 Å². The zero-order valence-electron chi connectivity index (χ0n) is 9.88. The minimum absolute atomic E-state index is 0.467. The molecular formula is C13H14ClN3O. The van der Waals surface area contributed by atoms with Crippen molar-refractivity contribution in [2.24, 2.45) is 0 Å². The molecule has 2 aromatic rings. The zero-order chi connectivity index (χ0) is 12.5. The molecule has 0 spiro atoms. The normalized spacial score (nSPS) is 18.7. The van der Waals surface area contributed by atoms with Gasteiger partial charge in [-0.05, 0) is 30.5 Å². The molecule has 0 saturated carbocycles. The Kier molecular flexibility index (Phi) is 3.06. The van der Waals surface area contributed by atoms with Gasteiger partial charge in [-0.3, -0.25) is 0 Å². The maximum absolute atomic E-state index is 9.84. The maximum atomic E-state index is 9.84. The van der Waals surface area contributed by atoms with Crippen molar-refractivity contribution in [2.75, 3.05) is 0 Å². The molecule has 4 nitrogen and oxygen atoms in total. The number of aryl methyl sites for hydroxylation is 1. The van der Waals surface area contributed by atoms with E-state index in [1.165, 1.54) is 0 Å².